The van der Waals surface area contributed by atoms with E-state index in [0.717, 1.165) is 17.1 Å². The molecule has 2 N–H and O–H groups in total. The van der Waals surface area contributed by atoms with Gasteiger partial charge in [-0.3, -0.25) is 0 Å². The van der Waals surface area contributed by atoms with E-state index in [-0.39, 0.29) is 5.97 Å². The first-order valence-corrected chi connectivity index (χ1v) is 8.33. The number of aromatic nitrogens is 3. The number of hydrogen-bond donors (Lipinski definition) is 2. The van der Waals surface area contributed by atoms with Crippen LogP contribution in [0.15, 0.2) is 54.7 Å². The summed E-state index contributed by atoms with van der Waals surface area (Å²) in [6.45, 7) is 2.56. The summed E-state index contributed by atoms with van der Waals surface area (Å²) in [7, 11) is 1.35. The van der Waals surface area contributed by atoms with Gasteiger partial charge in [0.15, 0.2) is 5.82 Å². The number of rotatable bonds is 7. The first-order chi connectivity index (χ1) is 13.2. The molecular weight excluding hydrogens is 346 g/mol. The van der Waals surface area contributed by atoms with Crippen molar-refractivity contribution in [3.8, 4) is 5.75 Å². The highest BCUT2D eigenvalue weighted by molar-refractivity contribution is 5.89. The fourth-order valence-corrected chi connectivity index (χ4v) is 2.30. The number of hydrogen-bond acceptors (Lipinski definition) is 8. The van der Waals surface area contributed by atoms with Gasteiger partial charge in [0.25, 0.3) is 0 Å². The Morgan fingerprint density at radius 2 is 1.67 bits per heavy atom. The molecule has 0 saturated heterocycles. The third-order valence-electron chi connectivity index (χ3n) is 3.56. The summed E-state index contributed by atoms with van der Waals surface area (Å²) in [5, 5.41) is 14.1. The molecule has 0 fully saturated rings. The van der Waals surface area contributed by atoms with E-state index in [1.807, 2.05) is 31.2 Å². The third kappa shape index (κ3) is 4.91. The lowest BCUT2D eigenvalue weighted by atomic mass is 10.2. The molecule has 0 amide bonds. The Hall–Kier alpha value is -3.68. The second-order valence-electron chi connectivity index (χ2n) is 5.44. The lowest BCUT2D eigenvalue weighted by Crippen LogP contribution is -2.03. The molecule has 0 spiro atoms. The van der Waals surface area contributed by atoms with Gasteiger partial charge in [0, 0.05) is 11.4 Å². The summed E-state index contributed by atoms with van der Waals surface area (Å²) in [6.07, 6.45) is 1.51. The Morgan fingerprint density at radius 3 is 2.33 bits per heavy atom. The van der Waals surface area contributed by atoms with Crippen LogP contribution < -0.4 is 15.4 Å². The van der Waals surface area contributed by atoms with Crippen molar-refractivity contribution >= 4 is 29.1 Å². The maximum absolute atomic E-state index is 11.5. The Morgan fingerprint density at radius 1 is 1.00 bits per heavy atom. The molecule has 27 heavy (non-hydrogen) atoms. The summed E-state index contributed by atoms with van der Waals surface area (Å²) in [5.41, 5.74) is 2.05. The summed E-state index contributed by atoms with van der Waals surface area (Å²) in [4.78, 5) is 15.8. The van der Waals surface area contributed by atoms with Crippen LogP contribution in [0.3, 0.4) is 0 Å². The Labute approximate surface area is 156 Å². The van der Waals surface area contributed by atoms with Crippen molar-refractivity contribution in [3.05, 3.63) is 60.3 Å². The van der Waals surface area contributed by atoms with E-state index in [1.54, 1.807) is 24.3 Å². The van der Waals surface area contributed by atoms with E-state index < -0.39 is 0 Å². The van der Waals surface area contributed by atoms with Gasteiger partial charge < -0.3 is 20.1 Å². The minimum Gasteiger partial charge on any atom is -0.494 e. The zero-order valence-corrected chi connectivity index (χ0v) is 15.0. The van der Waals surface area contributed by atoms with Gasteiger partial charge in [-0.15, -0.1) is 5.10 Å². The van der Waals surface area contributed by atoms with Crippen molar-refractivity contribution in [3.63, 3.8) is 0 Å². The summed E-state index contributed by atoms with van der Waals surface area (Å²) >= 11 is 0. The van der Waals surface area contributed by atoms with Crippen molar-refractivity contribution < 1.29 is 14.3 Å². The number of carbonyl (C=O) groups is 1. The number of anilines is 4. The van der Waals surface area contributed by atoms with Gasteiger partial charge in [-0.25, -0.2) is 4.79 Å². The highest BCUT2D eigenvalue weighted by atomic mass is 16.5. The second kappa shape index (κ2) is 8.61. The maximum atomic E-state index is 11.5. The predicted octanol–water partition coefficient (Wildman–Crippen LogP) is 3.54. The fourth-order valence-electron chi connectivity index (χ4n) is 2.30. The number of esters is 1. The van der Waals surface area contributed by atoms with E-state index >= 15 is 0 Å². The SMILES string of the molecule is CCOc1ccc(Nc2nncc(Nc3ccc(C(=O)OC)cc3)n2)cc1. The van der Waals surface area contributed by atoms with Crippen molar-refractivity contribution in [2.24, 2.45) is 0 Å². The number of ether oxygens (including phenoxy) is 2. The third-order valence-corrected chi connectivity index (χ3v) is 3.56. The van der Waals surface area contributed by atoms with Crippen LogP contribution in [0, 0.1) is 0 Å². The van der Waals surface area contributed by atoms with E-state index in [0.29, 0.717) is 23.9 Å². The second-order valence-corrected chi connectivity index (χ2v) is 5.44. The van der Waals surface area contributed by atoms with E-state index in [2.05, 4.69) is 30.6 Å². The summed E-state index contributed by atoms with van der Waals surface area (Å²) in [6, 6.07) is 14.3. The molecule has 3 aromatic rings. The minimum atomic E-state index is -0.382. The molecule has 8 nitrogen and oxygen atoms in total. The van der Waals surface area contributed by atoms with Gasteiger partial charge in [-0.2, -0.15) is 10.1 Å². The van der Waals surface area contributed by atoms with Gasteiger partial charge >= 0.3 is 5.97 Å². The van der Waals surface area contributed by atoms with Crippen molar-refractivity contribution in [1.82, 2.24) is 15.2 Å². The van der Waals surface area contributed by atoms with Crippen LogP contribution in [0.5, 0.6) is 5.75 Å². The highest BCUT2D eigenvalue weighted by Crippen LogP contribution is 2.20. The topological polar surface area (TPSA) is 98.3 Å². The molecule has 8 heteroatoms. The lowest BCUT2D eigenvalue weighted by molar-refractivity contribution is 0.0601. The first-order valence-electron chi connectivity index (χ1n) is 8.33. The fraction of sp³-hybridized carbons (Fsp3) is 0.158. The van der Waals surface area contributed by atoms with Crippen LogP contribution in [0.25, 0.3) is 0 Å². The molecule has 1 heterocycles. The number of nitrogens with one attached hydrogen (secondary N) is 2. The number of methoxy groups -OCH3 is 1. The molecule has 0 saturated carbocycles. The molecule has 2 aromatic carbocycles. The molecule has 0 aliphatic heterocycles. The maximum Gasteiger partial charge on any atom is 0.337 e. The van der Waals surface area contributed by atoms with Crippen molar-refractivity contribution in [2.45, 2.75) is 6.92 Å². The zero-order chi connectivity index (χ0) is 19.1. The molecule has 0 unspecified atom stereocenters. The lowest BCUT2D eigenvalue weighted by Gasteiger charge is -2.09. The molecule has 1 aromatic heterocycles. The van der Waals surface area contributed by atoms with Gasteiger partial charge in [-0.05, 0) is 55.5 Å². The largest absolute Gasteiger partial charge is 0.494 e. The molecule has 0 atom stereocenters. The Bertz CT molecular complexity index is 898. The average molecular weight is 365 g/mol. The van der Waals surface area contributed by atoms with Gasteiger partial charge in [-0.1, -0.05) is 0 Å². The molecule has 0 radical (unpaired) electrons. The van der Waals surface area contributed by atoms with Gasteiger partial charge in [0.1, 0.15) is 5.75 Å². The first kappa shape index (κ1) is 18.1. The van der Waals surface area contributed by atoms with Crippen LogP contribution in [-0.4, -0.2) is 34.9 Å². The number of benzene rings is 2. The quantitative estimate of drug-likeness (QED) is 0.614. The van der Waals surface area contributed by atoms with Crippen LogP contribution in [0.4, 0.5) is 23.1 Å². The Kier molecular flexibility index (Phi) is 5.78. The number of carbonyl (C=O) groups excluding carboxylic acids is 1. The normalized spacial score (nSPS) is 10.1. The molecule has 3 rings (SSSR count). The standard InChI is InChI=1S/C19H19N5O3/c1-3-27-16-10-8-15(9-11-16)22-19-23-17(12-20-24-19)21-14-6-4-13(5-7-14)18(25)26-2/h4-12H,3H2,1-2H3,(H2,21,22,23,24). The highest BCUT2D eigenvalue weighted by Gasteiger charge is 2.06. The van der Waals surface area contributed by atoms with Crippen LogP contribution >= 0.6 is 0 Å². The monoisotopic (exact) mass is 365 g/mol. The van der Waals surface area contributed by atoms with Crippen molar-refractivity contribution in [1.29, 1.82) is 0 Å². The smallest absolute Gasteiger partial charge is 0.337 e. The van der Waals surface area contributed by atoms with Gasteiger partial charge in [0.05, 0.1) is 25.5 Å². The molecular formula is C19H19N5O3. The van der Waals surface area contributed by atoms with Crippen molar-refractivity contribution in [2.75, 3.05) is 24.4 Å². The van der Waals surface area contributed by atoms with Crippen LogP contribution in [0.1, 0.15) is 17.3 Å². The van der Waals surface area contributed by atoms with E-state index in [4.69, 9.17) is 4.74 Å². The van der Waals surface area contributed by atoms with Crippen LogP contribution in [0.2, 0.25) is 0 Å². The minimum absolute atomic E-state index is 0.357. The van der Waals surface area contributed by atoms with Crippen LogP contribution in [-0.2, 0) is 4.74 Å². The summed E-state index contributed by atoms with van der Waals surface area (Å²) < 4.78 is 10.1. The van der Waals surface area contributed by atoms with E-state index in [1.165, 1.54) is 13.3 Å². The zero-order valence-electron chi connectivity index (χ0n) is 15.0. The molecule has 0 aliphatic carbocycles. The number of nitrogens with zero attached hydrogens (tertiary/aromatic N) is 3. The molecule has 138 valence electrons. The molecule has 0 aliphatic rings. The van der Waals surface area contributed by atoms with E-state index in [9.17, 15) is 4.79 Å². The Balaban J connectivity index is 1.67. The van der Waals surface area contributed by atoms with Gasteiger partial charge in [0.2, 0.25) is 5.95 Å². The summed E-state index contributed by atoms with van der Waals surface area (Å²) in [5.74, 6) is 1.29. The predicted molar refractivity (Wildman–Crippen MR) is 102 cm³/mol. The molecule has 0 bridgehead atoms. The average Bonchev–Trinajstić information content (AvgIpc) is 2.70.